The van der Waals surface area contributed by atoms with E-state index in [1.54, 1.807) is 6.07 Å². The van der Waals surface area contributed by atoms with E-state index in [2.05, 4.69) is 4.74 Å². The Kier molecular flexibility index (Phi) is 7.56. The second-order valence-electron chi connectivity index (χ2n) is 9.25. The zero-order valence-electron chi connectivity index (χ0n) is 19.0. The van der Waals surface area contributed by atoms with Gasteiger partial charge in [-0.1, -0.05) is 12.1 Å². The topological polar surface area (TPSA) is 45.2 Å². The van der Waals surface area contributed by atoms with Gasteiger partial charge in [0.15, 0.2) is 0 Å². The van der Waals surface area contributed by atoms with Crippen LogP contribution in [0.4, 0.5) is 45.6 Å². The summed E-state index contributed by atoms with van der Waals surface area (Å²) in [6.07, 6.45) is -20.0. The minimum absolute atomic E-state index is 0.0247. The first-order chi connectivity index (χ1) is 16.8. The highest BCUT2D eigenvalue weighted by atomic mass is 19.4. The minimum atomic E-state index is -5.77. The molecule has 0 aliphatic carbocycles. The number of benzene rings is 1. The molecular weight excluding hydrogens is 506 g/mol. The molecule has 3 fully saturated rings. The number of carbonyl (C=O) groups excluding carboxylic acids is 1. The molecule has 202 valence electrons. The van der Waals surface area contributed by atoms with Crippen molar-refractivity contribution >= 4 is 11.8 Å². The van der Waals surface area contributed by atoms with E-state index in [0.29, 0.717) is 51.6 Å². The molecule has 2 atom stereocenters. The van der Waals surface area contributed by atoms with Gasteiger partial charge in [-0.15, -0.1) is 0 Å². The third-order valence-corrected chi connectivity index (χ3v) is 6.74. The van der Waals surface area contributed by atoms with Crippen molar-refractivity contribution in [2.24, 2.45) is 11.8 Å². The van der Waals surface area contributed by atoms with Crippen LogP contribution < -0.4 is 4.90 Å². The first-order valence-electron chi connectivity index (χ1n) is 11.4. The first kappa shape index (κ1) is 26.7. The number of carbonyl (C=O) groups is 1. The highest BCUT2D eigenvalue weighted by Crippen LogP contribution is 2.38. The van der Waals surface area contributed by atoms with Gasteiger partial charge in [-0.3, -0.25) is 4.90 Å². The van der Waals surface area contributed by atoms with E-state index in [9.17, 15) is 39.9 Å². The van der Waals surface area contributed by atoms with Crippen LogP contribution in [-0.4, -0.2) is 86.8 Å². The predicted octanol–water partition coefficient (Wildman–Crippen LogP) is 4.45. The van der Waals surface area contributed by atoms with Crippen molar-refractivity contribution in [3.63, 3.8) is 0 Å². The number of morpholine rings is 1. The van der Waals surface area contributed by atoms with E-state index in [1.165, 1.54) is 12.1 Å². The lowest BCUT2D eigenvalue weighted by atomic mass is 10.0. The highest BCUT2D eigenvalue weighted by Gasteiger charge is 2.60. The van der Waals surface area contributed by atoms with Gasteiger partial charge in [-0.2, -0.15) is 26.3 Å². The minimum Gasteiger partial charge on any atom is -0.426 e. The van der Waals surface area contributed by atoms with E-state index < -0.39 is 31.0 Å². The van der Waals surface area contributed by atoms with Gasteiger partial charge in [0.25, 0.3) is 12.5 Å². The molecular formula is C22H25F8N3O3. The van der Waals surface area contributed by atoms with Gasteiger partial charge in [0.1, 0.15) is 0 Å². The van der Waals surface area contributed by atoms with Crippen LogP contribution in [0.3, 0.4) is 0 Å². The molecule has 0 bridgehead atoms. The van der Waals surface area contributed by atoms with Gasteiger partial charge in [-0.05, 0) is 23.5 Å². The van der Waals surface area contributed by atoms with Crippen LogP contribution in [0.5, 0.6) is 0 Å². The Morgan fingerprint density at radius 1 is 0.972 bits per heavy atom. The van der Waals surface area contributed by atoms with Gasteiger partial charge in [0.05, 0.1) is 13.2 Å². The van der Waals surface area contributed by atoms with Gasteiger partial charge >= 0.3 is 18.4 Å². The number of nitrogens with zero attached hydrogens (tertiary/aromatic N) is 3. The largest absolute Gasteiger partial charge is 0.434 e. The summed E-state index contributed by atoms with van der Waals surface area (Å²) >= 11 is 0. The first-order valence-corrected chi connectivity index (χ1v) is 11.4. The van der Waals surface area contributed by atoms with Crippen molar-refractivity contribution in [1.82, 2.24) is 9.80 Å². The molecule has 2 unspecified atom stereocenters. The zero-order valence-corrected chi connectivity index (χ0v) is 19.0. The van der Waals surface area contributed by atoms with E-state index in [1.807, 2.05) is 9.80 Å². The van der Waals surface area contributed by atoms with Crippen molar-refractivity contribution in [1.29, 1.82) is 0 Å². The van der Waals surface area contributed by atoms with Crippen LogP contribution >= 0.6 is 0 Å². The lowest BCUT2D eigenvalue weighted by Gasteiger charge is -2.32. The SMILES string of the molecule is O=C(OC(C(F)(F)F)C(F)(F)F)N1CC2CN(Cc3ccc(C(F)F)cc3N3CCOCC3)CC2C1. The normalized spacial score (nSPS) is 23.6. The molecule has 3 aliphatic rings. The fourth-order valence-corrected chi connectivity index (χ4v) is 5.05. The third-order valence-electron chi connectivity index (χ3n) is 6.74. The molecule has 3 saturated heterocycles. The van der Waals surface area contributed by atoms with Crippen LogP contribution in [0.15, 0.2) is 18.2 Å². The highest BCUT2D eigenvalue weighted by molar-refractivity contribution is 5.68. The standard InChI is InChI=1S/C22H25F8N3O3/c23-18(24)13-1-2-14(17(7-13)32-3-5-35-6-4-32)8-31-9-15-11-33(12-16(15)10-31)20(34)36-19(21(25,26)27)22(28,29)30/h1-2,7,15-16,18-19H,3-6,8-12H2. The van der Waals surface area contributed by atoms with Gasteiger partial charge in [0, 0.05) is 57.1 Å². The molecule has 1 amide bonds. The molecule has 3 heterocycles. The maximum absolute atomic E-state index is 13.3. The number of ether oxygens (including phenoxy) is 2. The Morgan fingerprint density at radius 2 is 1.56 bits per heavy atom. The summed E-state index contributed by atoms with van der Waals surface area (Å²) in [5.74, 6) is -0.306. The third kappa shape index (κ3) is 5.96. The molecule has 0 saturated carbocycles. The molecule has 6 nitrogen and oxygen atoms in total. The molecule has 36 heavy (non-hydrogen) atoms. The average Bonchev–Trinajstić information content (AvgIpc) is 3.35. The predicted molar refractivity (Wildman–Crippen MR) is 111 cm³/mol. The van der Waals surface area contributed by atoms with Crippen LogP contribution in [-0.2, 0) is 16.0 Å². The lowest BCUT2D eigenvalue weighted by molar-refractivity contribution is -0.308. The van der Waals surface area contributed by atoms with Crippen LogP contribution in [0.25, 0.3) is 0 Å². The number of amides is 1. The van der Waals surface area contributed by atoms with Crippen molar-refractivity contribution in [3.8, 4) is 0 Å². The number of hydrogen-bond acceptors (Lipinski definition) is 5. The van der Waals surface area contributed by atoms with Crippen LogP contribution in [0.1, 0.15) is 17.6 Å². The summed E-state index contributed by atoms with van der Waals surface area (Å²) in [6.45, 7) is 3.34. The van der Waals surface area contributed by atoms with Gasteiger partial charge in [0.2, 0.25) is 0 Å². The summed E-state index contributed by atoms with van der Waals surface area (Å²) in [5, 5.41) is 0. The molecule has 3 aliphatic heterocycles. The lowest BCUT2D eigenvalue weighted by Crippen LogP contribution is -2.48. The van der Waals surface area contributed by atoms with Crippen LogP contribution in [0, 0.1) is 11.8 Å². The average molecular weight is 531 g/mol. The summed E-state index contributed by atoms with van der Waals surface area (Å²) in [6, 6.07) is 4.49. The molecule has 0 spiro atoms. The molecule has 4 rings (SSSR count). The Morgan fingerprint density at radius 3 is 2.08 bits per heavy atom. The molecule has 0 aromatic heterocycles. The fraction of sp³-hybridized carbons (Fsp3) is 0.682. The summed E-state index contributed by atoms with van der Waals surface area (Å²) in [5.41, 5.74) is 1.42. The maximum Gasteiger partial charge on any atom is 0.434 e. The number of fused-ring (bicyclic) bond motifs is 1. The Balaban J connectivity index is 1.38. The molecule has 0 radical (unpaired) electrons. The van der Waals surface area contributed by atoms with E-state index in [4.69, 9.17) is 4.74 Å². The number of likely N-dealkylation sites (tertiary alicyclic amines) is 2. The second-order valence-corrected chi connectivity index (χ2v) is 9.25. The van der Waals surface area contributed by atoms with Crippen molar-refractivity contribution in [3.05, 3.63) is 29.3 Å². The van der Waals surface area contributed by atoms with Crippen molar-refractivity contribution in [2.75, 3.05) is 57.4 Å². The van der Waals surface area contributed by atoms with E-state index in [-0.39, 0.29) is 30.5 Å². The Hall–Kier alpha value is -2.35. The summed E-state index contributed by atoms with van der Waals surface area (Å²) < 4.78 is 112. The number of rotatable bonds is 5. The van der Waals surface area contributed by atoms with Crippen LogP contribution in [0.2, 0.25) is 0 Å². The fourth-order valence-electron chi connectivity index (χ4n) is 5.05. The number of hydrogen-bond donors (Lipinski definition) is 0. The van der Waals surface area contributed by atoms with Crippen molar-refractivity contribution in [2.45, 2.75) is 31.4 Å². The van der Waals surface area contributed by atoms with Gasteiger partial charge < -0.3 is 19.3 Å². The number of anilines is 1. The maximum atomic E-state index is 13.3. The molecule has 14 heteroatoms. The Bertz CT molecular complexity index is 908. The zero-order chi connectivity index (χ0) is 26.3. The number of alkyl halides is 8. The summed E-state index contributed by atoms with van der Waals surface area (Å²) in [4.78, 5) is 17.0. The number of halogens is 8. The molecule has 1 aromatic rings. The van der Waals surface area contributed by atoms with Gasteiger partial charge in [-0.25, -0.2) is 13.6 Å². The van der Waals surface area contributed by atoms with E-state index >= 15 is 0 Å². The van der Waals surface area contributed by atoms with E-state index in [0.717, 1.165) is 10.5 Å². The second kappa shape index (κ2) is 10.2. The van der Waals surface area contributed by atoms with Crippen molar-refractivity contribution < 1.29 is 49.4 Å². The smallest absolute Gasteiger partial charge is 0.426 e. The molecule has 0 N–H and O–H groups in total. The quantitative estimate of drug-likeness (QED) is 0.526. The Labute approximate surface area is 201 Å². The monoisotopic (exact) mass is 531 g/mol. The summed E-state index contributed by atoms with van der Waals surface area (Å²) in [7, 11) is 0. The molecule has 1 aromatic carbocycles.